The van der Waals surface area contributed by atoms with Gasteiger partial charge in [-0.2, -0.15) is 0 Å². The molecule has 1 rings (SSSR count). The molecule has 0 aliphatic heterocycles. The van der Waals surface area contributed by atoms with Crippen LogP contribution in [0.25, 0.3) is 0 Å². The number of benzene rings is 1. The molecule has 1 N–H and O–H groups in total. The van der Waals surface area contributed by atoms with Crippen molar-refractivity contribution in [3.8, 4) is 5.75 Å². The monoisotopic (exact) mass is 487 g/mol. The fourth-order valence-electron chi connectivity index (χ4n) is 3.55. The Labute approximate surface area is 202 Å². The molecule has 8 heteroatoms. The lowest BCUT2D eigenvalue weighted by Gasteiger charge is -2.32. The van der Waals surface area contributed by atoms with Gasteiger partial charge in [0.2, 0.25) is 0 Å². The Morgan fingerprint density at radius 3 is 2.18 bits per heavy atom. The van der Waals surface area contributed by atoms with Crippen molar-refractivity contribution >= 4 is 23.7 Å². The molecule has 33 heavy (non-hydrogen) atoms. The van der Waals surface area contributed by atoms with Crippen molar-refractivity contribution in [2.45, 2.75) is 98.5 Å². The van der Waals surface area contributed by atoms with Crippen molar-refractivity contribution in [1.29, 1.82) is 0 Å². The van der Waals surface area contributed by atoms with Crippen LogP contribution in [-0.2, 0) is 14.3 Å². The number of carbonyl (C=O) groups excluding carboxylic acids is 2. The maximum atomic E-state index is 13.8. The molecule has 0 aliphatic carbocycles. The minimum absolute atomic E-state index is 0.0530. The number of carbonyl (C=O) groups is 2. The van der Waals surface area contributed by atoms with Crippen molar-refractivity contribution < 1.29 is 28.2 Å². The van der Waals surface area contributed by atoms with Gasteiger partial charge in [-0.3, -0.25) is 0 Å². The van der Waals surface area contributed by atoms with Crippen molar-refractivity contribution in [3.05, 3.63) is 29.0 Å². The highest BCUT2D eigenvalue weighted by atomic mass is 35.5. The average Bonchev–Trinajstić information content (AvgIpc) is 2.64. The number of hydrogen-bond donors (Lipinski definition) is 1. The molecule has 0 fully saturated rings. The molecule has 1 aromatic carbocycles. The van der Waals surface area contributed by atoms with Crippen molar-refractivity contribution in [1.82, 2.24) is 5.32 Å². The molecule has 0 aliphatic rings. The summed E-state index contributed by atoms with van der Waals surface area (Å²) < 4.78 is 31.0. The van der Waals surface area contributed by atoms with Crippen LogP contribution in [0.2, 0.25) is 5.02 Å². The largest absolute Gasteiger partial charge is 0.486 e. The van der Waals surface area contributed by atoms with Crippen LogP contribution in [0.5, 0.6) is 5.75 Å². The van der Waals surface area contributed by atoms with Gasteiger partial charge in [0, 0.05) is 11.1 Å². The number of halogens is 2. The highest BCUT2D eigenvalue weighted by molar-refractivity contribution is 6.30. The van der Waals surface area contributed by atoms with Gasteiger partial charge < -0.3 is 19.5 Å². The third-order valence-electron chi connectivity index (χ3n) is 5.07. The van der Waals surface area contributed by atoms with E-state index in [1.807, 2.05) is 27.7 Å². The predicted octanol–water partition coefficient (Wildman–Crippen LogP) is 6.53. The van der Waals surface area contributed by atoms with Crippen LogP contribution in [0.1, 0.15) is 74.7 Å². The van der Waals surface area contributed by atoms with E-state index in [-0.39, 0.29) is 22.6 Å². The lowest BCUT2D eigenvalue weighted by Crippen LogP contribution is -2.47. The third kappa shape index (κ3) is 10.6. The summed E-state index contributed by atoms with van der Waals surface area (Å²) in [5.41, 5.74) is -0.690. The van der Waals surface area contributed by atoms with Gasteiger partial charge in [-0.15, -0.1) is 0 Å². The molecule has 6 nitrogen and oxygen atoms in total. The van der Waals surface area contributed by atoms with Crippen molar-refractivity contribution in [3.63, 3.8) is 0 Å². The SMILES string of the molecule is CCC(CC)[C@H](Oc1cc(F)cc(Cl)c1)[C@H](C)OC(=O)[C@H](CC(C)C)NC(=O)OC(C)(C)C. The van der Waals surface area contributed by atoms with Gasteiger partial charge >= 0.3 is 12.1 Å². The summed E-state index contributed by atoms with van der Waals surface area (Å²) in [6, 6.07) is 3.11. The number of nitrogens with one attached hydrogen (secondary N) is 1. The van der Waals surface area contributed by atoms with Crippen LogP contribution in [-0.4, -0.2) is 35.9 Å². The van der Waals surface area contributed by atoms with E-state index in [4.69, 9.17) is 25.8 Å². The Hall–Kier alpha value is -2.02. The molecule has 1 aromatic rings. The molecule has 0 saturated carbocycles. The Morgan fingerprint density at radius 2 is 1.70 bits per heavy atom. The summed E-state index contributed by atoms with van der Waals surface area (Å²) in [4.78, 5) is 25.3. The number of esters is 1. The van der Waals surface area contributed by atoms with E-state index in [1.54, 1.807) is 27.7 Å². The lowest BCUT2D eigenvalue weighted by atomic mass is 9.93. The summed E-state index contributed by atoms with van der Waals surface area (Å²) >= 11 is 5.97. The first-order chi connectivity index (χ1) is 15.2. The molecular weight excluding hydrogens is 449 g/mol. The number of ether oxygens (including phenoxy) is 3. The maximum absolute atomic E-state index is 13.8. The van der Waals surface area contributed by atoms with Gasteiger partial charge in [0.1, 0.15) is 35.4 Å². The van der Waals surface area contributed by atoms with Gasteiger partial charge in [-0.25, -0.2) is 14.0 Å². The van der Waals surface area contributed by atoms with E-state index in [2.05, 4.69) is 5.32 Å². The zero-order chi connectivity index (χ0) is 25.3. The van der Waals surface area contributed by atoms with E-state index in [0.717, 1.165) is 12.8 Å². The highest BCUT2D eigenvalue weighted by Crippen LogP contribution is 2.27. The van der Waals surface area contributed by atoms with Crippen molar-refractivity contribution in [2.24, 2.45) is 11.8 Å². The van der Waals surface area contributed by atoms with E-state index in [1.165, 1.54) is 18.2 Å². The second-order valence-electron chi connectivity index (χ2n) is 9.73. The first kappa shape index (κ1) is 29.0. The summed E-state index contributed by atoms with van der Waals surface area (Å²) in [6.45, 7) is 14.9. The number of rotatable bonds is 11. The molecule has 0 aromatic heterocycles. The number of hydrogen-bond acceptors (Lipinski definition) is 5. The minimum atomic E-state index is -0.867. The summed E-state index contributed by atoms with van der Waals surface area (Å²) in [5, 5.41) is 2.85. The predicted molar refractivity (Wildman–Crippen MR) is 128 cm³/mol. The van der Waals surface area contributed by atoms with E-state index >= 15 is 0 Å². The van der Waals surface area contributed by atoms with Crippen LogP contribution in [0.4, 0.5) is 9.18 Å². The standard InChI is InChI=1S/C25H39ClFNO5/c1-9-17(10-2)22(32-20-13-18(26)12-19(27)14-20)16(5)31-23(29)21(11-15(3)4)28-24(30)33-25(6,7)8/h12-17,21-22H,9-11H2,1-8H3,(H,28,30)/t16-,21-,22+/m0/s1. The Bertz CT molecular complexity index is 756. The second-order valence-corrected chi connectivity index (χ2v) is 10.2. The smallest absolute Gasteiger partial charge is 0.408 e. The Kier molecular flexibility index (Phi) is 11.4. The quantitative estimate of drug-likeness (QED) is 0.359. The van der Waals surface area contributed by atoms with Crippen molar-refractivity contribution in [2.75, 3.05) is 0 Å². The number of alkyl carbamates (subject to hydrolysis) is 1. The molecule has 188 valence electrons. The zero-order valence-corrected chi connectivity index (χ0v) is 21.8. The first-order valence-electron chi connectivity index (χ1n) is 11.6. The molecule has 3 atom stereocenters. The summed E-state index contributed by atoms with van der Waals surface area (Å²) in [7, 11) is 0. The molecule has 0 saturated heterocycles. The van der Waals surface area contributed by atoms with Crippen LogP contribution in [0.15, 0.2) is 18.2 Å². The average molecular weight is 488 g/mol. The maximum Gasteiger partial charge on any atom is 0.408 e. The van der Waals surface area contributed by atoms with Gasteiger partial charge in [0.05, 0.1) is 0 Å². The summed E-state index contributed by atoms with van der Waals surface area (Å²) in [5.74, 6) is -0.626. The molecule has 0 spiro atoms. The van der Waals surface area contributed by atoms with Gasteiger partial charge in [-0.1, -0.05) is 39.3 Å². The zero-order valence-electron chi connectivity index (χ0n) is 21.0. The van der Waals surface area contributed by atoms with Gasteiger partial charge in [0.25, 0.3) is 0 Å². The molecule has 0 unspecified atom stereocenters. The number of amides is 1. The molecule has 0 bridgehead atoms. The van der Waals surface area contributed by atoms with Gasteiger partial charge in [0.15, 0.2) is 0 Å². The topological polar surface area (TPSA) is 73.9 Å². The molecule has 0 radical (unpaired) electrons. The lowest BCUT2D eigenvalue weighted by molar-refractivity contribution is -0.157. The van der Waals surface area contributed by atoms with Gasteiger partial charge in [-0.05, 0) is 70.9 Å². The molecular formula is C25H39ClFNO5. The highest BCUT2D eigenvalue weighted by Gasteiger charge is 2.33. The van der Waals surface area contributed by atoms with E-state index < -0.39 is 41.7 Å². The fourth-order valence-corrected chi connectivity index (χ4v) is 3.76. The summed E-state index contributed by atoms with van der Waals surface area (Å²) in [6.07, 6.45) is 0.0819. The Morgan fingerprint density at radius 1 is 1.09 bits per heavy atom. The van der Waals surface area contributed by atoms with E-state index in [9.17, 15) is 14.0 Å². The second kappa shape index (κ2) is 13.0. The Balaban J connectivity index is 3.03. The van der Waals surface area contributed by atoms with Crippen LogP contribution < -0.4 is 10.1 Å². The first-order valence-corrected chi connectivity index (χ1v) is 12.0. The van der Waals surface area contributed by atoms with Crippen LogP contribution >= 0.6 is 11.6 Å². The normalized spacial score (nSPS) is 14.5. The molecule has 0 heterocycles. The van der Waals surface area contributed by atoms with Crippen LogP contribution in [0.3, 0.4) is 0 Å². The minimum Gasteiger partial charge on any atom is -0.486 e. The third-order valence-corrected chi connectivity index (χ3v) is 5.29. The van der Waals surface area contributed by atoms with Crippen LogP contribution in [0, 0.1) is 17.7 Å². The van der Waals surface area contributed by atoms with E-state index in [0.29, 0.717) is 6.42 Å². The molecule has 1 amide bonds. The fraction of sp³-hybridized carbons (Fsp3) is 0.680.